The van der Waals surface area contributed by atoms with E-state index in [1.165, 1.54) is 0 Å². The maximum Gasteiger partial charge on any atom is 0.143 e. The number of nitrogens with zero attached hydrogens (tertiary/aromatic N) is 2. The van der Waals surface area contributed by atoms with Gasteiger partial charge in [-0.1, -0.05) is 17.7 Å². The number of halogens is 1. The lowest BCUT2D eigenvalue weighted by Crippen LogP contribution is -1.82. The summed E-state index contributed by atoms with van der Waals surface area (Å²) in [7, 11) is 0. The molecule has 1 N–H and O–H groups in total. The van der Waals surface area contributed by atoms with Crippen LogP contribution in [0.15, 0.2) is 42.6 Å². The van der Waals surface area contributed by atoms with Crippen LogP contribution in [-0.2, 0) is 0 Å². The molecule has 0 aliphatic rings. The highest BCUT2D eigenvalue weighted by Gasteiger charge is 2.10. The molecule has 0 radical (unpaired) electrons. The molecule has 4 heteroatoms. The Morgan fingerprint density at radius 2 is 2.12 bits per heavy atom. The Balaban J connectivity index is 2.30. The minimum Gasteiger partial charge on any atom is -0.339 e. The van der Waals surface area contributed by atoms with E-state index in [0.29, 0.717) is 0 Å². The molecule has 3 nitrogen and oxygen atoms in total. The maximum absolute atomic E-state index is 6.03. The van der Waals surface area contributed by atoms with Crippen LogP contribution in [0.5, 0.6) is 0 Å². The lowest BCUT2D eigenvalue weighted by Gasteiger charge is -1.92. The topological polar surface area (TPSA) is 33.1 Å². The fourth-order valence-electron chi connectivity index (χ4n) is 2.25. The molecule has 0 unspecified atom stereocenters. The van der Waals surface area contributed by atoms with Crippen LogP contribution in [0.2, 0.25) is 5.02 Å². The summed E-state index contributed by atoms with van der Waals surface area (Å²) in [5.74, 6) is 0. The van der Waals surface area contributed by atoms with Crippen molar-refractivity contribution in [3.05, 3.63) is 47.6 Å². The van der Waals surface area contributed by atoms with Crippen molar-refractivity contribution in [3.8, 4) is 0 Å². The molecule has 0 spiro atoms. The van der Waals surface area contributed by atoms with E-state index in [-0.39, 0.29) is 0 Å². The third-order valence-corrected chi connectivity index (χ3v) is 3.25. The van der Waals surface area contributed by atoms with E-state index in [1.807, 2.05) is 47.0 Å². The fourth-order valence-corrected chi connectivity index (χ4v) is 2.42. The number of aromatic nitrogens is 3. The van der Waals surface area contributed by atoms with Crippen LogP contribution >= 0.6 is 11.6 Å². The number of fused-ring (bicyclic) bond motifs is 5. The normalized spacial score (nSPS) is 11.8. The Morgan fingerprint density at radius 3 is 3.06 bits per heavy atom. The van der Waals surface area contributed by atoms with Crippen molar-refractivity contribution in [2.75, 3.05) is 0 Å². The van der Waals surface area contributed by atoms with Gasteiger partial charge in [0.2, 0.25) is 0 Å². The number of benzene rings is 1. The van der Waals surface area contributed by atoms with Crippen molar-refractivity contribution in [2.24, 2.45) is 0 Å². The molecule has 17 heavy (non-hydrogen) atoms. The van der Waals surface area contributed by atoms with Crippen molar-refractivity contribution >= 4 is 39.3 Å². The largest absolute Gasteiger partial charge is 0.339 e. The van der Waals surface area contributed by atoms with Gasteiger partial charge >= 0.3 is 0 Å². The number of hydrogen-bond donors (Lipinski definition) is 1. The Morgan fingerprint density at radius 1 is 1.18 bits per heavy atom. The van der Waals surface area contributed by atoms with Gasteiger partial charge in [-0.25, -0.2) is 4.98 Å². The van der Waals surface area contributed by atoms with Crippen LogP contribution in [-0.4, -0.2) is 14.4 Å². The molecule has 3 heterocycles. The summed E-state index contributed by atoms with van der Waals surface area (Å²) >= 11 is 6.03. The van der Waals surface area contributed by atoms with Crippen LogP contribution in [0.3, 0.4) is 0 Å². The number of rotatable bonds is 0. The first-order valence-electron chi connectivity index (χ1n) is 5.37. The Labute approximate surface area is 102 Å². The van der Waals surface area contributed by atoms with Gasteiger partial charge in [0.15, 0.2) is 0 Å². The molecule has 1 aromatic carbocycles. The van der Waals surface area contributed by atoms with E-state index in [1.54, 1.807) is 0 Å². The highest BCUT2D eigenvalue weighted by atomic mass is 35.5. The third kappa shape index (κ3) is 1.14. The molecule has 0 bridgehead atoms. The smallest absolute Gasteiger partial charge is 0.143 e. The molecule has 0 atom stereocenters. The van der Waals surface area contributed by atoms with Gasteiger partial charge in [0.25, 0.3) is 0 Å². The lowest BCUT2D eigenvalue weighted by molar-refractivity contribution is 1.20. The predicted molar refractivity (Wildman–Crippen MR) is 69.6 cm³/mol. The summed E-state index contributed by atoms with van der Waals surface area (Å²) in [4.78, 5) is 7.99. The molecule has 4 aromatic rings. The predicted octanol–water partition coefficient (Wildman–Crippen LogP) is 3.62. The van der Waals surface area contributed by atoms with Crippen molar-refractivity contribution in [3.63, 3.8) is 0 Å². The molecule has 0 amide bonds. The number of pyridine rings is 1. The second-order valence-corrected chi connectivity index (χ2v) is 4.49. The molecule has 0 aliphatic carbocycles. The highest BCUT2D eigenvalue weighted by molar-refractivity contribution is 6.31. The SMILES string of the molecule is Clc1ccc2[nH]c3c(nc4ccccn43)c2c1. The summed E-state index contributed by atoms with van der Waals surface area (Å²) in [6.07, 6.45) is 2.00. The lowest BCUT2D eigenvalue weighted by atomic mass is 10.2. The van der Waals surface area contributed by atoms with Gasteiger partial charge in [0, 0.05) is 22.1 Å². The van der Waals surface area contributed by atoms with E-state index < -0.39 is 0 Å². The van der Waals surface area contributed by atoms with Crippen LogP contribution in [0.25, 0.3) is 27.7 Å². The Hall–Kier alpha value is -2.00. The van der Waals surface area contributed by atoms with Gasteiger partial charge < -0.3 is 4.98 Å². The quantitative estimate of drug-likeness (QED) is 0.501. The van der Waals surface area contributed by atoms with Gasteiger partial charge in [-0.05, 0) is 30.3 Å². The van der Waals surface area contributed by atoms with Crippen LogP contribution in [0, 0.1) is 0 Å². The Kier molecular flexibility index (Phi) is 1.61. The first kappa shape index (κ1) is 9.07. The molecule has 0 aliphatic heterocycles. The van der Waals surface area contributed by atoms with Gasteiger partial charge in [0.1, 0.15) is 16.8 Å². The van der Waals surface area contributed by atoms with E-state index in [2.05, 4.69) is 9.97 Å². The number of aromatic amines is 1. The summed E-state index contributed by atoms with van der Waals surface area (Å²) in [6.45, 7) is 0. The molecule has 0 saturated carbocycles. The standard InChI is InChI=1S/C13H8ClN3/c14-8-4-5-10-9(7-8)12-13(15-10)17-6-2-1-3-11(17)16-12/h1-7,15H. The molecule has 0 saturated heterocycles. The van der Waals surface area contributed by atoms with Crippen molar-refractivity contribution in [1.29, 1.82) is 0 Å². The zero-order chi connectivity index (χ0) is 11.4. The van der Waals surface area contributed by atoms with E-state index in [4.69, 9.17) is 11.6 Å². The van der Waals surface area contributed by atoms with Gasteiger partial charge in [-0.3, -0.25) is 4.40 Å². The molecule has 0 fully saturated rings. The maximum atomic E-state index is 6.03. The number of nitrogens with one attached hydrogen (secondary N) is 1. The highest BCUT2D eigenvalue weighted by Crippen LogP contribution is 2.27. The molecular formula is C13H8ClN3. The number of hydrogen-bond acceptors (Lipinski definition) is 1. The van der Waals surface area contributed by atoms with E-state index in [0.717, 1.165) is 32.7 Å². The second-order valence-electron chi connectivity index (χ2n) is 4.05. The van der Waals surface area contributed by atoms with Gasteiger partial charge in [0.05, 0.1) is 0 Å². The van der Waals surface area contributed by atoms with Crippen LogP contribution in [0.1, 0.15) is 0 Å². The summed E-state index contributed by atoms with van der Waals surface area (Å²) < 4.78 is 2.04. The first-order valence-corrected chi connectivity index (χ1v) is 5.75. The fraction of sp³-hybridized carbons (Fsp3) is 0. The first-order chi connectivity index (χ1) is 8.33. The molecule has 3 aromatic heterocycles. The number of H-pyrrole nitrogens is 1. The van der Waals surface area contributed by atoms with Gasteiger partial charge in [-0.15, -0.1) is 0 Å². The summed E-state index contributed by atoms with van der Waals surface area (Å²) in [5.41, 5.74) is 3.98. The average molecular weight is 242 g/mol. The minimum atomic E-state index is 0.732. The van der Waals surface area contributed by atoms with Crippen LogP contribution in [0.4, 0.5) is 0 Å². The monoisotopic (exact) mass is 241 g/mol. The molecule has 4 rings (SSSR count). The van der Waals surface area contributed by atoms with Crippen molar-refractivity contribution < 1.29 is 0 Å². The van der Waals surface area contributed by atoms with Crippen molar-refractivity contribution in [1.82, 2.24) is 14.4 Å². The summed E-state index contributed by atoms with van der Waals surface area (Å²) in [5, 5.41) is 1.80. The number of imidazole rings is 1. The van der Waals surface area contributed by atoms with Gasteiger partial charge in [-0.2, -0.15) is 0 Å². The molecular weight excluding hydrogens is 234 g/mol. The molecule has 82 valence electrons. The van der Waals surface area contributed by atoms with Crippen molar-refractivity contribution in [2.45, 2.75) is 0 Å². The van der Waals surface area contributed by atoms with E-state index in [9.17, 15) is 0 Å². The average Bonchev–Trinajstić information content (AvgIpc) is 2.85. The zero-order valence-electron chi connectivity index (χ0n) is 8.81. The third-order valence-electron chi connectivity index (χ3n) is 3.02. The Bertz CT molecular complexity index is 857. The van der Waals surface area contributed by atoms with Crippen LogP contribution < -0.4 is 0 Å². The summed E-state index contributed by atoms with van der Waals surface area (Å²) in [6, 6.07) is 11.8. The zero-order valence-corrected chi connectivity index (χ0v) is 9.57. The minimum absolute atomic E-state index is 0.732. The second kappa shape index (κ2) is 3.02. The van der Waals surface area contributed by atoms with E-state index >= 15 is 0 Å².